The first-order valence-electron chi connectivity index (χ1n) is 15.4. The van der Waals surface area contributed by atoms with E-state index in [0.29, 0.717) is 17.2 Å². The van der Waals surface area contributed by atoms with Crippen LogP contribution in [0.25, 0.3) is 0 Å². The van der Waals surface area contributed by atoms with Crippen molar-refractivity contribution in [3.8, 4) is 17.2 Å². The Labute approximate surface area is 274 Å². The predicted octanol–water partition coefficient (Wildman–Crippen LogP) is 8.46. The smallest absolute Gasteiger partial charge is 0.147 e. The quantitative estimate of drug-likeness (QED) is 0.103. The second-order valence-corrected chi connectivity index (χ2v) is 6.50. The number of benzene rings is 3. The maximum Gasteiger partial charge on any atom is 0.147 e. The number of hydrogen-bond acceptors (Lipinski definition) is 9. The molecule has 45 heavy (non-hydrogen) atoms. The molecule has 0 heterocycles. The molecule has 0 saturated carbocycles. The first-order chi connectivity index (χ1) is 21.7. The van der Waals surface area contributed by atoms with Gasteiger partial charge in [-0.3, -0.25) is 0 Å². The molecular formula is C36H63N3O6. The summed E-state index contributed by atoms with van der Waals surface area (Å²) >= 11 is 0. The fraction of sp³-hybridized carbons (Fsp3) is 0.417. The Morgan fingerprint density at radius 3 is 0.778 bits per heavy atom. The van der Waals surface area contributed by atoms with Gasteiger partial charge in [0.2, 0.25) is 0 Å². The van der Waals surface area contributed by atoms with Gasteiger partial charge in [0.1, 0.15) is 36.1 Å². The molecule has 0 aliphatic heterocycles. The molecule has 0 aliphatic carbocycles. The Morgan fingerprint density at radius 1 is 0.444 bits per heavy atom. The standard InChI is InChI=1S/3C8H9NO2.C3H8.4C2H6.CH4/c3*10-7-6-9-11-8-4-2-1-3-5-8;1-3-2;4*1-2;/h3*1-5,7,9H,6H2;3H2,1-2H3;4*1-2H3;1H4. The average Bonchev–Trinajstić information content (AvgIpc) is 3.11. The van der Waals surface area contributed by atoms with Gasteiger partial charge in [0.25, 0.3) is 0 Å². The van der Waals surface area contributed by atoms with Crippen molar-refractivity contribution >= 4 is 18.9 Å². The number of para-hydroxylation sites is 3. The summed E-state index contributed by atoms with van der Waals surface area (Å²) < 4.78 is 0. The summed E-state index contributed by atoms with van der Waals surface area (Å²) in [5.74, 6) is 2.11. The van der Waals surface area contributed by atoms with E-state index in [1.54, 1.807) is 36.4 Å². The third kappa shape index (κ3) is 47.1. The monoisotopic (exact) mass is 633 g/mol. The molecule has 0 aromatic heterocycles. The molecule has 0 fully saturated rings. The lowest BCUT2D eigenvalue weighted by Gasteiger charge is -2.02. The van der Waals surface area contributed by atoms with Crippen LogP contribution in [0.5, 0.6) is 17.2 Å². The van der Waals surface area contributed by atoms with Gasteiger partial charge >= 0.3 is 0 Å². The fourth-order valence-electron chi connectivity index (χ4n) is 1.94. The normalized spacial score (nSPS) is 7.60. The summed E-state index contributed by atoms with van der Waals surface area (Å²) in [7, 11) is 0. The molecule has 258 valence electrons. The molecule has 3 aromatic rings. The van der Waals surface area contributed by atoms with Gasteiger partial charge in [0.15, 0.2) is 0 Å². The Balaban J connectivity index is -0.000000108. The number of hydroxylamine groups is 3. The molecule has 0 atom stereocenters. The molecule has 3 N–H and O–H groups in total. The van der Waals surface area contributed by atoms with E-state index in [9.17, 15) is 14.4 Å². The van der Waals surface area contributed by atoms with Crippen LogP contribution in [0.2, 0.25) is 0 Å². The Hall–Kier alpha value is -4.05. The molecule has 0 unspecified atom stereocenters. The lowest BCUT2D eigenvalue weighted by molar-refractivity contribution is -0.109. The van der Waals surface area contributed by atoms with E-state index < -0.39 is 0 Å². The van der Waals surface area contributed by atoms with Crippen LogP contribution in [0.4, 0.5) is 0 Å². The number of carbonyl (C=O) groups excluding carboxylic acids is 3. The van der Waals surface area contributed by atoms with Crippen molar-refractivity contribution < 1.29 is 28.9 Å². The van der Waals surface area contributed by atoms with Crippen LogP contribution in [-0.4, -0.2) is 38.5 Å². The largest absolute Gasteiger partial charge is 0.408 e. The van der Waals surface area contributed by atoms with E-state index in [4.69, 9.17) is 14.5 Å². The van der Waals surface area contributed by atoms with E-state index in [1.165, 1.54) is 6.42 Å². The van der Waals surface area contributed by atoms with E-state index >= 15 is 0 Å². The lowest BCUT2D eigenvalue weighted by Crippen LogP contribution is -2.20. The third-order valence-corrected chi connectivity index (χ3v) is 3.30. The van der Waals surface area contributed by atoms with Crippen molar-refractivity contribution in [2.24, 2.45) is 0 Å². The minimum atomic E-state index is 0. The molecule has 3 aromatic carbocycles. The molecule has 0 bridgehead atoms. The summed E-state index contributed by atoms with van der Waals surface area (Å²) in [6.45, 7) is 20.9. The number of aldehydes is 3. The van der Waals surface area contributed by atoms with Gasteiger partial charge in [-0.15, -0.1) is 16.4 Å². The highest BCUT2D eigenvalue weighted by Gasteiger charge is 1.89. The third-order valence-electron chi connectivity index (χ3n) is 3.30. The molecular weight excluding hydrogens is 570 g/mol. The second kappa shape index (κ2) is 55.8. The topological polar surface area (TPSA) is 115 Å². The zero-order chi connectivity index (χ0) is 34.5. The van der Waals surface area contributed by atoms with Crippen LogP contribution in [0.3, 0.4) is 0 Å². The average molecular weight is 634 g/mol. The van der Waals surface area contributed by atoms with Crippen LogP contribution < -0.4 is 31.0 Å². The minimum Gasteiger partial charge on any atom is -0.408 e. The molecule has 0 aliphatic rings. The summed E-state index contributed by atoms with van der Waals surface area (Å²) in [5, 5.41) is 0. The van der Waals surface area contributed by atoms with Crippen molar-refractivity contribution in [2.75, 3.05) is 19.6 Å². The molecule has 0 amide bonds. The number of nitrogens with one attached hydrogen (secondary N) is 3. The molecule has 0 radical (unpaired) electrons. The maximum absolute atomic E-state index is 9.85. The van der Waals surface area contributed by atoms with Gasteiger partial charge in [0, 0.05) is 0 Å². The van der Waals surface area contributed by atoms with Crippen LogP contribution in [0.1, 0.15) is 83.1 Å². The van der Waals surface area contributed by atoms with Gasteiger partial charge in [-0.25, -0.2) is 0 Å². The second-order valence-electron chi connectivity index (χ2n) is 6.50. The van der Waals surface area contributed by atoms with Crippen LogP contribution in [0.15, 0.2) is 91.0 Å². The lowest BCUT2D eigenvalue weighted by atomic mass is 10.3. The predicted molar refractivity (Wildman–Crippen MR) is 191 cm³/mol. The fourth-order valence-corrected chi connectivity index (χ4v) is 1.94. The highest BCUT2D eigenvalue weighted by atomic mass is 16.7. The molecule has 9 nitrogen and oxygen atoms in total. The summed E-state index contributed by atoms with van der Waals surface area (Å²) in [6.07, 6.45) is 3.47. The zero-order valence-corrected chi connectivity index (χ0v) is 28.7. The van der Waals surface area contributed by atoms with Crippen molar-refractivity contribution in [3.63, 3.8) is 0 Å². The van der Waals surface area contributed by atoms with Crippen LogP contribution in [0, 0.1) is 0 Å². The highest BCUT2D eigenvalue weighted by molar-refractivity contribution is 5.52. The van der Waals surface area contributed by atoms with E-state index in [-0.39, 0.29) is 27.1 Å². The molecule has 9 heteroatoms. The van der Waals surface area contributed by atoms with Crippen molar-refractivity contribution in [3.05, 3.63) is 91.0 Å². The van der Waals surface area contributed by atoms with Gasteiger partial charge in [-0.1, -0.05) is 138 Å². The summed E-state index contributed by atoms with van der Waals surface area (Å²) in [5.41, 5.74) is 7.45. The van der Waals surface area contributed by atoms with Crippen molar-refractivity contribution in [1.82, 2.24) is 16.4 Å². The molecule has 3 rings (SSSR count). The first-order valence-corrected chi connectivity index (χ1v) is 15.4. The van der Waals surface area contributed by atoms with Gasteiger partial charge < -0.3 is 28.9 Å². The molecule has 0 saturated heterocycles. The molecule has 0 spiro atoms. The Kier molecular flexibility index (Phi) is 66.4. The van der Waals surface area contributed by atoms with Gasteiger partial charge in [-0.05, 0) is 36.4 Å². The van der Waals surface area contributed by atoms with Gasteiger partial charge in [0.05, 0.1) is 19.6 Å². The SMILES string of the molecule is C.CC.CC.CC.CC.CCC.O=CCNOc1ccccc1.O=CCNOc1ccccc1.O=CCNOc1ccccc1. The van der Waals surface area contributed by atoms with Gasteiger partial charge in [-0.2, -0.15) is 0 Å². The maximum atomic E-state index is 9.85. The first kappa shape index (κ1) is 53.5. The highest BCUT2D eigenvalue weighted by Crippen LogP contribution is 2.07. The Bertz CT molecular complexity index is 769. The van der Waals surface area contributed by atoms with Crippen molar-refractivity contribution in [1.29, 1.82) is 0 Å². The summed E-state index contributed by atoms with van der Waals surface area (Å²) in [4.78, 5) is 44.5. The minimum absolute atomic E-state index is 0. The number of rotatable bonds is 12. The van der Waals surface area contributed by atoms with Crippen LogP contribution >= 0.6 is 0 Å². The van der Waals surface area contributed by atoms with Crippen LogP contribution in [-0.2, 0) is 14.4 Å². The van der Waals surface area contributed by atoms with E-state index in [0.717, 1.165) is 18.9 Å². The van der Waals surface area contributed by atoms with Crippen molar-refractivity contribution in [2.45, 2.75) is 83.1 Å². The zero-order valence-electron chi connectivity index (χ0n) is 28.7. The Morgan fingerprint density at radius 2 is 0.622 bits per heavy atom. The van der Waals surface area contributed by atoms with E-state index in [2.05, 4.69) is 30.3 Å². The summed E-state index contributed by atoms with van der Waals surface area (Å²) in [6, 6.07) is 27.7. The number of hydrogen-bond donors (Lipinski definition) is 3. The van der Waals surface area contributed by atoms with E-state index in [1.807, 2.05) is 110 Å². The number of carbonyl (C=O) groups is 3.